The minimum atomic E-state index is 0.644. The molecule has 0 saturated heterocycles. The second-order valence-corrected chi connectivity index (χ2v) is 5.83. The van der Waals surface area contributed by atoms with E-state index in [2.05, 4.69) is 69.0 Å². The van der Waals surface area contributed by atoms with Gasteiger partial charge in [0.15, 0.2) is 5.57 Å². The molecule has 0 atom stereocenters. The number of hydrogen-bond donors (Lipinski definition) is 0. The summed E-state index contributed by atoms with van der Waals surface area (Å²) in [5.74, 6) is 0. The number of benzene rings is 2. The zero-order valence-electron chi connectivity index (χ0n) is 13.4. The molecule has 0 N–H and O–H groups in total. The van der Waals surface area contributed by atoms with Crippen LogP contribution in [0, 0.1) is 31.6 Å². The van der Waals surface area contributed by atoms with Crippen molar-refractivity contribution in [1.29, 1.82) is 5.26 Å². The van der Waals surface area contributed by atoms with E-state index in [0.717, 1.165) is 16.7 Å². The first-order valence-electron chi connectivity index (χ1n) is 7.63. The van der Waals surface area contributed by atoms with E-state index in [4.69, 9.17) is 5.26 Å². The lowest BCUT2D eigenvalue weighted by atomic mass is 9.87. The maximum atomic E-state index is 9.01. The van der Waals surface area contributed by atoms with Crippen molar-refractivity contribution in [2.45, 2.75) is 13.8 Å². The number of rotatable bonds is 2. The van der Waals surface area contributed by atoms with Crippen molar-refractivity contribution in [2.75, 3.05) is 0 Å². The standard InChI is InChI=1S/C22H18N/c1-15-6-4-5-7-21(15)22-13-19(10-8-16(22)2)20-11-9-18(14-23)12-17(20)3/h4-13H,3H2,1-2H3/q+1. The third-order valence-corrected chi connectivity index (χ3v) is 4.22. The Kier molecular flexibility index (Phi) is 3.91. The maximum absolute atomic E-state index is 9.01. The molecule has 23 heavy (non-hydrogen) atoms. The fourth-order valence-corrected chi connectivity index (χ4v) is 2.90. The van der Waals surface area contributed by atoms with Crippen LogP contribution in [0.2, 0.25) is 0 Å². The first-order chi connectivity index (χ1) is 11.1. The second-order valence-electron chi connectivity index (χ2n) is 5.83. The molecule has 1 aliphatic carbocycles. The van der Waals surface area contributed by atoms with Crippen LogP contribution in [0.3, 0.4) is 0 Å². The molecule has 0 aromatic heterocycles. The maximum Gasteiger partial charge on any atom is 0.225 e. The highest BCUT2D eigenvalue weighted by molar-refractivity contribution is 5.87. The van der Waals surface area contributed by atoms with E-state index >= 15 is 0 Å². The molecule has 0 spiro atoms. The molecule has 3 rings (SSSR count). The molecule has 0 bridgehead atoms. The fourth-order valence-electron chi connectivity index (χ4n) is 2.90. The van der Waals surface area contributed by atoms with E-state index in [1.165, 1.54) is 22.3 Å². The topological polar surface area (TPSA) is 23.8 Å². The Balaban J connectivity index is 2.06. The van der Waals surface area contributed by atoms with E-state index in [0.29, 0.717) is 5.57 Å². The molecule has 0 heterocycles. The van der Waals surface area contributed by atoms with E-state index < -0.39 is 0 Å². The molecular weight excluding hydrogens is 278 g/mol. The van der Waals surface area contributed by atoms with Gasteiger partial charge in [0.1, 0.15) is 0 Å². The summed E-state index contributed by atoms with van der Waals surface area (Å²) >= 11 is 0. The first kappa shape index (κ1) is 14.9. The van der Waals surface area contributed by atoms with E-state index in [-0.39, 0.29) is 0 Å². The van der Waals surface area contributed by atoms with Crippen LogP contribution in [0.5, 0.6) is 0 Å². The van der Waals surface area contributed by atoms with Crippen LogP contribution in [0.15, 0.2) is 72.3 Å². The molecule has 110 valence electrons. The van der Waals surface area contributed by atoms with Gasteiger partial charge in [0.25, 0.3) is 0 Å². The van der Waals surface area contributed by atoms with Gasteiger partial charge in [0.05, 0.1) is 17.2 Å². The van der Waals surface area contributed by atoms with Crippen LogP contribution in [0.1, 0.15) is 16.7 Å². The quantitative estimate of drug-likeness (QED) is 0.664. The van der Waals surface area contributed by atoms with E-state index in [1.807, 2.05) is 18.6 Å². The fraction of sp³-hybridized carbons (Fsp3) is 0.0909. The summed E-state index contributed by atoms with van der Waals surface area (Å²) in [6.07, 6.45) is 5.66. The Morgan fingerprint density at radius 1 is 1.00 bits per heavy atom. The molecule has 0 aliphatic heterocycles. The number of hydrogen-bond acceptors (Lipinski definition) is 1. The molecular formula is C22H18N+. The summed E-state index contributed by atoms with van der Waals surface area (Å²) in [5.41, 5.74) is 8.73. The Morgan fingerprint density at radius 2 is 1.74 bits per heavy atom. The summed E-state index contributed by atoms with van der Waals surface area (Å²) < 4.78 is 0. The van der Waals surface area contributed by atoms with Gasteiger partial charge in [-0.05, 0) is 48.2 Å². The molecule has 1 heteroatoms. The predicted octanol–water partition coefficient (Wildman–Crippen LogP) is 5.58. The smallest absolute Gasteiger partial charge is 0.121 e. The monoisotopic (exact) mass is 296 g/mol. The van der Waals surface area contributed by atoms with Crippen molar-refractivity contribution in [1.82, 2.24) is 0 Å². The van der Waals surface area contributed by atoms with Gasteiger partial charge in [-0.15, -0.1) is 5.26 Å². The van der Waals surface area contributed by atoms with Crippen LogP contribution >= 0.6 is 0 Å². The molecule has 0 saturated carbocycles. The van der Waals surface area contributed by atoms with Crippen molar-refractivity contribution < 1.29 is 0 Å². The normalized spacial score (nSPS) is 13.7. The van der Waals surface area contributed by atoms with Gasteiger partial charge in [-0.1, -0.05) is 36.9 Å². The third kappa shape index (κ3) is 2.84. The van der Waals surface area contributed by atoms with Crippen molar-refractivity contribution in [3.05, 3.63) is 95.5 Å². The summed E-state index contributed by atoms with van der Waals surface area (Å²) in [4.78, 5) is 0. The summed E-state index contributed by atoms with van der Waals surface area (Å²) in [6.45, 7) is 8.37. The molecule has 0 radical (unpaired) electrons. The molecule has 0 amide bonds. The lowest BCUT2D eigenvalue weighted by molar-refractivity contribution is 1.39. The molecule has 2 aromatic rings. The number of nitrogens with zero attached hydrogens (tertiary/aromatic N) is 1. The SMILES string of the molecule is C=C1C=C(C#N)[CH+]C=C1c1ccc(C)c(-c2ccccc2C)c1. The highest BCUT2D eigenvalue weighted by atomic mass is 14.3. The number of allylic oxidation sites excluding steroid dienone is 5. The van der Waals surface area contributed by atoms with Crippen molar-refractivity contribution in [2.24, 2.45) is 0 Å². The summed E-state index contributed by atoms with van der Waals surface area (Å²) in [5, 5.41) is 9.01. The van der Waals surface area contributed by atoms with E-state index in [9.17, 15) is 0 Å². The van der Waals surface area contributed by atoms with Gasteiger partial charge in [-0.2, -0.15) is 0 Å². The number of aryl methyl sites for hydroxylation is 2. The summed E-state index contributed by atoms with van der Waals surface area (Å²) in [7, 11) is 0. The molecule has 1 aliphatic rings. The van der Waals surface area contributed by atoms with Gasteiger partial charge in [-0.25, -0.2) is 0 Å². The lowest BCUT2D eigenvalue weighted by Crippen LogP contribution is -1.96. The summed E-state index contributed by atoms with van der Waals surface area (Å²) in [6, 6.07) is 17.1. The van der Waals surface area contributed by atoms with Crippen LogP contribution in [-0.4, -0.2) is 0 Å². The van der Waals surface area contributed by atoms with Gasteiger partial charge < -0.3 is 0 Å². The average molecular weight is 296 g/mol. The molecule has 2 aromatic carbocycles. The van der Waals surface area contributed by atoms with Crippen LogP contribution in [-0.2, 0) is 0 Å². The van der Waals surface area contributed by atoms with Gasteiger partial charge in [0.2, 0.25) is 6.07 Å². The van der Waals surface area contributed by atoms with Crippen LogP contribution in [0.4, 0.5) is 0 Å². The van der Waals surface area contributed by atoms with E-state index in [1.54, 1.807) is 0 Å². The van der Waals surface area contributed by atoms with Crippen molar-refractivity contribution >= 4 is 5.57 Å². The Morgan fingerprint density at radius 3 is 2.43 bits per heavy atom. The number of nitriles is 1. The van der Waals surface area contributed by atoms with Crippen LogP contribution < -0.4 is 0 Å². The highest BCUT2D eigenvalue weighted by Gasteiger charge is 2.19. The Bertz CT molecular complexity index is 888. The highest BCUT2D eigenvalue weighted by Crippen LogP contribution is 2.34. The predicted molar refractivity (Wildman–Crippen MR) is 96.5 cm³/mol. The molecule has 0 fully saturated rings. The first-order valence-corrected chi connectivity index (χ1v) is 7.63. The minimum absolute atomic E-state index is 0.644. The Hall–Kier alpha value is -2.98. The van der Waals surface area contributed by atoms with Gasteiger partial charge in [0, 0.05) is 18.1 Å². The minimum Gasteiger partial charge on any atom is -0.121 e. The molecule has 0 unspecified atom stereocenters. The van der Waals surface area contributed by atoms with Crippen molar-refractivity contribution in [3.63, 3.8) is 0 Å². The molecule has 1 nitrogen and oxygen atoms in total. The average Bonchev–Trinajstić information content (AvgIpc) is 2.56. The lowest BCUT2D eigenvalue weighted by Gasteiger charge is -2.13. The van der Waals surface area contributed by atoms with Gasteiger partial charge >= 0.3 is 0 Å². The second kappa shape index (κ2) is 6.02. The van der Waals surface area contributed by atoms with Crippen LogP contribution in [0.25, 0.3) is 16.7 Å². The Labute approximate surface area is 137 Å². The van der Waals surface area contributed by atoms with Gasteiger partial charge in [-0.3, -0.25) is 0 Å². The zero-order chi connectivity index (χ0) is 16.4. The largest absolute Gasteiger partial charge is 0.225 e. The zero-order valence-corrected chi connectivity index (χ0v) is 13.4. The third-order valence-electron chi connectivity index (χ3n) is 4.22. The van der Waals surface area contributed by atoms with Crippen molar-refractivity contribution in [3.8, 4) is 17.2 Å².